The Bertz CT molecular complexity index is 425. The van der Waals surface area contributed by atoms with Gasteiger partial charge in [-0.25, -0.2) is 0 Å². The second-order valence-electron chi connectivity index (χ2n) is 7.29. The quantitative estimate of drug-likeness (QED) is 0.638. The van der Waals surface area contributed by atoms with E-state index in [0.29, 0.717) is 19.5 Å². The molecule has 0 aromatic carbocycles. The number of carbonyl (C=O) groups excluding carboxylic acids is 4. The molecule has 0 saturated carbocycles. The van der Waals surface area contributed by atoms with Crippen molar-refractivity contribution in [3.63, 3.8) is 0 Å². The van der Waals surface area contributed by atoms with Crippen LogP contribution < -0.4 is 10.6 Å². The molecule has 0 spiro atoms. The fourth-order valence-corrected chi connectivity index (χ4v) is 1.47. The molecule has 2 amide bonds. The molecule has 0 aromatic heterocycles. The van der Waals surface area contributed by atoms with Gasteiger partial charge in [-0.15, -0.1) is 0 Å². The molecule has 0 atom stereocenters. The largest absolute Gasteiger partial charge is 0.355 e. The first kappa shape index (κ1) is 21.3. The minimum absolute atomic E-state index is 0.0188. The molecule has 0 radical (unpaired) electrons. The molecule has 0 unspecified atom stereocenters. The average molecular weight is 326 g/mol. The van der Waals surface area contributed by atoms with Gasteiger partial charge in [-0.3, -0.25) is 19.2 Å². The van der Waals surface area contributed by atoms with E-state index in [1.807, 2.05) is 0 Å². The molecule has 0 saturated heterocycles. The van der Waals surface area contributed by atoms with Crippen LogP contribution in [0.2, 0.25) is 0 Å². The van der Waals surface area contributed by atoms with Gasteiger partial charge >= 0.3 is 0 Å². The standard InChI is InChI=1S/C17H30N2O4/c1-12(20)16(3,4)10-18-14(22)8-7-9-15(23)19-11-17(5,6)13(2)21/h7-11H2,1-6H3,(H,18,22)(H,19,23). The molecular weight excluding hydrogens is 296 g/mol. The number of nitrogens with one attached hydrogen (secondary N) is 2. The second-order valence-corrected chi connectivity index (χ2v) is 7.29. The summed E-state index contributed by atoms with van der Waals surface area (Å²) in [6, 6.07) is 0. The van der Waals surface area contributed by atoms with Gasteiger partial charge in [-0.05, 0) is 20.3 Å². The Morgan fingerprint density at radius 2 is 1.00 bits per heavy atom. The summed E-state index contributed by atoms with van der Waals surface area (Å²) < 4.78 is 0. The highest BCUT2D eigenvalue weighted by Crippen LogP contribution is 2.15. The summed E-state index contributed by atoms with van der Waals surface area (Å²) in [4.78, 5) is 46.1. The smallest absolute Gasteiger partial charge is 0.220 e. The first-order valence-electron chi connectivity index (χ1n) is 7.94. The predicted molar refractivity (Wildman–Crippen MR) is 88.8 cm³/mol. The number of amides is 2. The van der Waals surface area contributed by atoms with Crippen molar-refractivity contribution in [1.29, 1.82) is 0 Å². The second kappa shape index (κ2) is 8.79. The van der Waals surface area contributed by atoms with Crippen LogP contribution in [0.5, 0.6) is 0 Å². The lowest BCUT2D eigenvalue weighted by molar-refractivity contribution is -0.127. The number of rotatable bonds is 10. The summed E-state index contributed by atoms with van der Waals surface area (Å²) in [7, 11) is 0. The van der Waals surface area contributed by atoms with Crippen molar-refractivity contribution in [1.82, 2.24) is 10.6 Å². The average Bonchev–Trinajstić information content (AvgIpc) is 2.43. The lowest BCUT2D eigenvalue weighted by atomic mass is 9.89. The summed E-state index contributed by atoms with van der Waals surface area (Å²) in [5.74, 6) is -0.303. The van der Waals surface area contributed by atoms with E-state index in [-0.39, 0.29) is 36.2 Å². The van der Waals surface area contributed by atoms with E-state index < -0.39 is 10.8 Å². The number of hydrogen-bond donors (Lipinski definition) is 2. The van der Waals surface area contributed by atoms with E-state index in [2.05, 4.69) is 10.6 Å². The Balaban J connectivity index is 3.98. The van der Waals surface area contributed by atoms with Crippen LogP contribution in [0.15, 0.2) is 0 Å². The van der Waals surface area contributed by atoms with Gasteiger partial charge in [0, 0.05) is 36.8 Å². The summed E-state index contributed by atoms with van der Waals surface area (Å²) in [5.41, 5.74) is -1.16. The number of hydrogen-bond acceptors (Lipinski definition) is 4. The fraction of sp³-hybridized carbons (Fsp3) is 0.765. The first-order valence-corrected chi connectivity index (χ1v) is 7.94. The predicted octanol–water partition coefficient (Wildman–Crippen LogP) is 1.62. The third kappa shape index (κ3) is 8.47. The van der Waals surface area contributed by atoms with E-state index in [9.17, 15) is 19.2 Å². The maximum absolute atomic E-state index is 11.7. The lowest BCUT2D eigenvalue weighted by Gasteiger charge is -2.22. The lowest BCUT2D eigenvalue weighted by Crippen LogP contribution is -2.38. The van der Waals surface area contributed by atoms with Crippen molar-refractivity contribution in [2.24, 2.45) is 10.8 Å². The van der Waals surface area contributed by atoms with Gasteiger partial charge in [0.05, 0.1) is 0 Å². The van der Waals surface area contributed by atoms with Crippen LogP contribution in [0.4, 0.5) is 0 Å². The van der Waals surface area contributed by atoms with Gasteiger partial charge in [-0.1, -0.05) is 27.7 Å². The van der Waals surface area contributed by atoms with Gasteiger partial charge in [0.2, 0.25) is 11.8 Å². The zero-order valence-electron chi connectivity index (χ0n) is 15.2. The third-order valence-corrected chi connectivity index (χ3v) is 4.17. The fourth-order valence-electron chi connectivity index (χ4n) is 1.47. The SMILES string of the molecule is CC(=O)C(C)(C)CNC(=O)CCCC(=O)NCC(C)(C)C(C)=O. The van der Waals surface area contributed by atoms with Gasteiger partial charge in [0.15, 0.2) is 0 Å². The van der Waals surface area contributed by atoms with Crippen molar-refractivity contribution in [3.05, 3.63) is 0 Å². The van der Waals surface area contributed by atoms with Crippen LogP contribution in [-0.4, -0.2) is 36.5 Å². The van der Waals surface area contributed by atoms with Crippen LogP contribution in [0, 0.1) is 10.8 Å². The maximum Gasteiger partial charge on any atom is 0.220 e. The van der Waals surface area contributed by atoms with E-state index >= 15 is 0 Å². The summed E-state index contributed by atoms with van der Waals surface area (Å²) in [6.07, 6.45) is 0.897. The summed E-state index contributed by atoms with van der Waals surface area (Å²) >= 11 is 0. The Morgan fingerprint density at radius 1 is 0.696 bits per heavy atom. The molecule has 0 aliphatic heterocycles. The van der Waals surface area contributed by atoms with Crippen molar-refractivity contribution in [3.8, 4) is 0 Å². The van der Waals surface area contributed by atoms with Crippen LogP contribution in [0.25, 0.3) is 0 Å². The normalized spacial score (nSPS) is 11.7. The Labute approximate surface area is 138 Å². The van der Waals surface area contributed by atoms with E-state index in [0.717, 1.165) is 0 Å². The van der Waals surface area contributed by atoms with Crippen LogP contribution in [0.1, 0.15) is 60.8 Å². The number of carbonyl (C=O) groups is 4. The topological polar surface area (TPSA) is 92.3 Å². The Kier molecular flexibility index (Phi) is 8.14. The molecule has 2 N–H and O–H groups in total. The highest BCUT2D eigenvalue weighted by atomic mass is 16.2. The molecule has 0 rings (SSSR count). The Hall–Kier alpha value is -1.72. The van der Waals surface area contributed by atoms with E-state index in [1.54, 1.807) is 27.7 Å². The van der Waals surface area contributed by atoms with Gasteiger partial charge in [0.1, 0.15) is 11.6 Å². The molecular formula is C17H30N2O4. The maximum atomic E-state index is 11.7. The minimum atomic E-state index is -0.578. The van der Waals surface area contributed by atoms with Crippen molar-refractivity contribution in [2.75, 3.05) is 13.1 Å². The molecule has 0 aromatic rings. The van der Waals surface area contributed by atoms with Gasteiger partial charge < -0.3 is 10.6 Å². The zero-order chi connectivity index (χ0) is 18.3. The molecule has 132 valence electrons. The third-order valence-electron chi connectivity index (χ3n) is 4.17. The molecule has 6 heteroatoms. The van der Waals surface area contributed by atoms with Gasteiger partial charge in [0.25, 0.3) is 0 Å². The van der Waals surface area contributed by atoms with E-state index in [1.165, 1.54) is 13.8 Å². The van der Waals surface area contributed by atoms with Crippen LogP contribution >= 0.6 is 0 Å². The van der Waals surface area contributed by atoms with E-state index in [4.69, 9.17) is 0 Å². The minimum Gasteiger partial charge on any atom is -0.355 e. The molecule has 0 aliphatic carbocycles. The van der Waals surface area contributed by atoms with Crippen molar-refractivity contribution >= 4 is 23.4 Å². The molecule has 0 aliphatic rings. The molecule has 0 heterocycles. The van der Waals surface area contributed by atoms with Crippen LogP contribution in [-0.2, 0) is 19.2 Å². The highest BCUT2D eigenvalue weighted by molar-refractivity contribution is 5.84. The Morgan fingerprint density at radius 3 is 1.26 bits per heavy atom. The summed E-state index contributed by atoms with van der Waals surface area (Å²) in [6.45, 7) is 10.7. The van der Waals surface area contributed by atoms with Crippen molar-refractivity contribution in [2.45, 2.75) is 60.8 Å². The number of ketones is 2. The highest BCUT2D eigenvalue weighted by Gasteiger charge is 2.25. The summed E-state index contributed by atoms with van der Waals surface area (Å²) in [5, 5.41) is 5.43. The van der Waals surface area contributed by atoms with Crippen LogP contribution in [0.3, 0.4) is 0 Å². The first-order chi connectivity index (χ1) is 10.4. The number of Topliss-reactive ketones (excluding diaryl/α,β-unsaturated/α-hetero) is 2. The molecule has 6 nitrogen and oxygen atoms in total. The van der Waals surface area contributed by atoms with Gasteiger partial charge in [-0.2, -0.15) is 0 Å². The molecule has 0 fully saturated rings. The van der Waals surface area contributed by atoms with Crippen molar-refractivity contribution < 1.29 is 19.2 Å². The molecule has 23 heavy (non-hydrogen) atoms. The monoisotopic (exact) mass is 326 g/mol. The zero-order valence-corrected chi connectivity index (χ0v) is 15.2. The molecule has 0 bridgehead atoms.